The monoisotopic (exact) mass is 430 g/mol. The molecule has 1 rings (SSSR count). The van der Waals surface area contributed by atoms with E-state index in [0.29, 0.717) is 12.0 Å². The molecule has 1 aromatic rings. The molecule has 0 saturated carbocycles. The van der Waals surface area contributed by atoms with Crippen LogP contribution in [0.25, 0.3) is 0 Å². The van der Waals surface area contributed by atoms with Crippen molar-refractivity contribution in [3.8, 4) is 0 Å². The summed E-state index contributed by atoms with van der Waals surface area (Å²) in [6.07, 6.45) is 0.296. The predicted molar refractivity (Wildman–Crippen MR) is 107 cm³/mol. The number of nitrogens with two attached hydrogens (primary N) is 2. The summed E-state index contributed by atoms with van der Waals surface area (Å²) in [6.45, 7) is 4.93. The molecule has 0 aliphatic heterocycles. The van der Waals surface area contributed by atoms with Crippen molar-refractivity contribution in [2.75, 3.05) is 0 Å². The van der Waals surface area contributed by atoms with Crippen LogP contribution in [0.15, 0.2) is 30.3 Å². The van der Waals surface area contributed by atoms with Crippen LogP contribution in [0.4, 0.5) is 0 Å². The van der Waals surface area contributed by atoms with E-state index in [1.807, 2.05) is 13.8 Å². The van der Waals surface area contributed by atoms with Crippen LogP contribution >= 0.6 is 0 Å². The van der Waals surface area contributed by atoms with Crippen LogP contribution in [-0.4, -0.2) is 47.3 Å². The smallest absolute Gasteiger partial charge is 0.317 e. The molecule has 0 aliphatic rings. The first kappa shape index (κ1) is 25.2. The Morgan fingerprint density at radius 3 is 2.14 bits per heavy atom. The standard InChI is InChI=1S/C19H30N2O7S/c1-11(2)9-14(20)17(22)15(12(3)16(21)19(24)29(25,26)27)18(23)28-10-13-7-5-4-6-8-13/h4-8,11-12,14-16,19,24H,9-10,20-21H2,1-3H3,(H,25,26,27)/t12?,14-,15?,16?,19?/m0/s1. The molecule has 0 fully saturated rings. The van der Waals surface area contributed by atoms with E-state index in [-0.39, 0.29) is 12.5 Å². The number of hydrogen-bond donors (Lipinski definition) is 4. The summed E-state index contributed by atoms with van der Waals surface area (Å²) in [5, 5.41) is 9.77. The van der Waals surface area contributed by atoms with Gasteiger partial charge >= 0.3 is 5.97 Å². The molecule has 1 aromatic carbocycles. The summed E-state index contributed by atoms with van der Waals surface area (Å²) in [7, 11) is -4.89. The van der Waals surface area contributed by atoms with Gasteiger partial charge in [-0.25, -0.2) is 0 Å². The lowest BCUT2D eigenvalue weighted by molar-refractivity contribution is -0.156. The Labute approximate surface area is 171 Å². The molecule has 0 bridgehead atoms. The summed E-state index contributed by atoms with van der Waals surface area (Å²) >= 11 is 0. The molecular weight excluding hydrogens is 400 g/mol. The van der Waals surface area contributed by atoms with Crippen LogP contribution < -0.4 is 11.5 Å². The number of hydrogen-bond acceptors (Lipinski definition) is 8. The average Bonchev–Trinajstić information content (AvgIpc) is 2.64. The highest BCUT2D eigenvalue weighted by Gasteiger charge is 2.43. The topological polar surface area (TPSA) is 170 Å². The first-order valence-electron chi connectivity index (χ1n) is 9.26. The summed E-state index contributed by atoms with van der Waals surface area (Å²) in [5.74, 6) is -4.19. The fourth-order valence-electron chi connectivity index (χ4n) is 2.94. The number of rotatable bonds is 11. The lowest BCUT2D eigenvalue weighted by Gasteiger charge is -2.30. The lowest BCUT2D eigenvalue weighted by atomic mass is 9.81. The van der Waals surface area contributed by atoms with E-state index < -0.39 is 51.2 Å². The zero-order valence-electron chi connectivity index (χ0n) is 16.8. The Kier molecular flexibility index (Phi) is 9.37. The van der Waals surface area contributed by atoms with E-state index in [1.165, 1.54) is 6.92 Å². The van der Waals surface area contributed by atoms with Gasteiger partial charge in [0, 0.05) is 0 Å². The fraction of sp³-hybridized carbons (Fsp3) is 0.579. The van der Waals surface area contributed by atoms with Crippen molar-refractivity contribution >= 4 is 21.9 Å². The third-order valence-corrected chi connectivity index (χ3v) is 5.57. The molecule has 4 unspecified atom stereocenters. The Balaban J connectivity index is 3.09. The van der Waals surface area contributed by atoms with E-state index in [2.05, 4.69) is 0 Å². The Morgan fingerprint density at radius 1 is 1.10 bits per heavy atom. The molecule has 0 aliphatic carbocycles. The lowest BCUT2D eigenvalue weighted by Crippen LogP contribution is -2.52. The third-order valence-electron chi connectivity index (χ3n) is 4.64. The van der Waals surface area contributed by atoms with Crippen molar-refractivity contribution < 1.29 is 32.4 Å². The number of carbonyl (C=O) groups is 2. The molecule has 6 N–H and O–H groups in total. The second-order valence-electron chi connectivity index (χ2n) is 7.55. The highest BCUT2D eigenvalue weighted by Crippen LogP contribution is 2.24. The maximum Gasteiger partial charge on any atom is 0.317 e. The molecule has 0 spiro atoms. The molecule has 5 atom stereocenters. The minimum Gasteiger partial charge on any atom is -0.460 e. The number of benzene rings is 1. The van der Waals surface area contributed by atoms with Gasteiger partial charge in [-0.1, -0.05) is 51.1 Å². The van der Waals surface area contributed by atoms with Gasteiger partial charge in [0.1, 0.15) is 12.5 Å². The Hall–Kier alpha value is -1.85. The molecule has 0 saturated heterocycles. The Morgan fingerprint density at radius 2 is 1.66 bits per heavy atom. The number of aliphatic hydroxyl groups excluding tert-OH is 1. The highest BCUT2D eigenvalue weighted by atomic mass is 32.2. The van der Waals surface area contributed by atoms with Crippen molar-refractivity contribution in [2.24, 2.45) is 29.2 Å². The normalized spacial score (nSPS) is 17.2. The van der Waals surface area contributed by atoms with Gasteiger partial charge in [0.15, 0.2) is 11.2 Å². The quantitative estimate of drug-likeness (QED) is 0.221. The first-order valence-corrected chi connectivity index (χ1v) is 10.8. The van der Waals surface area contributed by atoms with Crippen molar-refractivity contribution in [3.63, 3.8) is 0 Å². The summed E-state index contributed by atoms with van der Waals surface area (Å²) in [6, 6.07) is 6.14. The van der Waals surface area contributed by atoms with E-state index in [9.17, 15) is 23.1 Å². The van der Waals surface area contributed by atoms with Crippen LogP contribution in [0.2, 0.25) is 0 Å². The largest absolute Gasteiger partial charge is 0.460 e. The third kappa shape index (κ3) is 7.48. The molecular formula is C19H30N2O7S. The van der Waals surface area contributed by atoms with Crippen LogP contribution in [-0.2, 0) is 31.1 Å². The van der Waals surface area contributed by atoms with Gasteiger partial charge < -0.3 is 21.3 Å². The van der Waals surface area contributed by atoms with Crippen molar-refractivity contribution in [3.05, 3.63) is 35.9 Å². The molecule has 9 nitrogen and oxygen atoms in total. The number of ether oxygens (including phenoxy) is 1. The first-order chi connectivity index (χ1) is 13.4. The Bertz CT molecular complexity index is 783. The van der Waals surface area contributed by atoms with Crippen molar-refractivity contribution in [1.82, 2.24) is 0 Å². The van der Waals surface area contributed by atoms with Crippen LogP contribution in [0.1, 0.15) is 32.8 Å². The summed E-state index contributed by atoms with van der Waals surface area (Å²) in [4.78, 5) is 25.6. The predicted octanol–water partition coefficient (Wildman–Crippen LogP) is 0.458. The van der Waals surface area contributed by atoms with Crippen LogP contribution in [0, 0.1) is 17.8 Å². The van der Waals surface area contributed by atoms with E-state index >= 15 is 0 Å². The molecule has 164 valence electrons. The van der Waals surface area contributed by atoms with Gasteiger partial charge in [-0.2, -0.15) is 8.42 Å². The number of ketones is 1. The molecule has 29 heavy (non-hydrogen) atoms. The number of Topliss-reactive ketones (excluding diaryl/α,β-unsaturated/α-hetero) is 1. The summed E-state index contributed by atoms with van der Waals surface area (Å²) in [5.41, 5.74) is 10.0. The number of esters is 1. The van der Waals surface area contributed by atoms with Crippen molar-refractivity contribution in [1.29, 1.82) is 0 Å². The maximum absolute atomic E-state index is 12.9. The molecule has 0 heterocycles. The summed E-state index contributed by atoms with van der Waals surface area (Å²) < 4.78 is 36.8. The van der Waals surface area contributed by atoms with Crippen molar-refractivity contribution in [2.45, 2.75) is 51.3 Å². The fourth-order valence-corrected chi connectivity index (χ4v) is 3.59. The molecule has 0 radical (unpaired) electrons. The van der Waals surface area contributed by atoms with Gasteiger partial charge in [0.25, 0.3) is 10.1 Å². The molecule has 10 heteroatoms. The van der Waals surface area contributed by atoms with Gasteiger partial charge in [0.05, 0.1) is 12.1 Å². The molecule has 0 amide bonds. The maximum atomic E-state index is 12.9. The number of aliphatic hydroxyl groups is 1. The SMILES string of the molecule is CC(C)C[C@H](N)C(=O)C(C(=O)OCc1ccccc1)C(C)C(N)C(O)S(=O)(=O)O. The van der Waals surface area contributed by atoms with Gasteiger partial charge in [-0.15, -0.1) is 0 Å². The zero-order valence-corrected chi connectivity index (χ0v) is 17.6. The number of carbonyl (C=O) groups excluding carboxylic acids is 2. The highest BCUT2D eigenvalue weighted by molar-refractivity contribution is 7.86. The van der Waals surface area contributed by atoms with Crippen LogP contribution in [0.3, 0.4) is 0 Å². The van der Waals surface area contributed by atoms with Crippen LogP contribution in [0.5, 0.6) is 0 Å². The minimum absolute atomic E-state index is 0.0716. The van der Waals surface area contributed by atoms with E-state index in [0.717, 1.165) is 0 Å². The minimum atomic E-state index is -4.89. The second-order valence-corrected chi connectivity index (χ2v) is 9.06. The zero-order chi connectivity index (χ0) is 22.4. The average molecular weight is 431 g/mol. The van der Waals surface area contributed by atoms with Gasteiger partial charge in [-0.3, -0.25) is 14.1 Å². The second kappa shape index (κ2) is 10.8. The molecule has 0 aromatic heterocycles. The van der Waals surface area contributed by atoms with Gasteiger partial charge in [-0.05, 0) is 23.8 Å². The van der Waals surface area contributed by atoms with E-state index in [4.69, 9.17) is 20.8 Å². The van der Waals surface area contributed by atoms with E-state index in [1.54, 1.807) is 30.3 Å². The van der Waals surface area contributed by atoms with Gasteiger partial charge in [0.2, 0.25) is 0 Å².